The summed E-state index contributed by atoms with van der Waals surface area (Å²) in [4.78, 5) is 30.5. The van der Waals surface area contributed by atoms with Crippen molar-refractivity contribution in [2.75, 3.05) is 17.2 Å². The number of amides is 2. The van der Waals surface area contributed by atoms with Crippen LogP contribution in [0.3, 0.4) is 0 Å². The topological polar surface area (TPSA) is 62.3 Å². The van der Waals surface area contributed by atoms with Crippen LogP contribution in [0.2, 0.25) is 0 Å². The molecule has 1 aromatic rings. The number of carbonyl (C=O) groups excluding carboxylic acids is 2. The summed E-state index contributed by atoms with van der Waals surface area (Å²) < 4.78 is 0. The maximum atomic E-state index is 12.5. The van der Waals surface area contributed by atoms with E-state index in [1.807, 2.05) is 6.07 Å². The minimum Gasteiger partial charge on any atom is -0.352 e. The van der Waals surface area contributed by atoms with Gasteiger partial charge in [0.2, 0.25) is 11.8 Å². The molecule has 0 spiro atoms. The molecular formula is C17H23N3O2S. The molecule has 2 heterocycles. The fraction of sp³-hybridized carbons (Fsp3) is 0.588. The summed E-state index contributed by atoms with van der Waals surface area (Å²) in [7, 11) is 0. The van der Waals surface area contributed by atoms with E-state index in [1.165, 1.54) is 18.2 Å². The van der Waals surface area contributed by atoms with E-state index in [-0.39, 0.29) is 24.4 Å². The van der Waals surface area contributed by atoms with Crippen molar-refractivity contribution < 1.29 is 9.59 Å². The Labute approximate surface area is 141 Å². The fourth-order valence-electron chi connectivity index (χ4n) is 3.40. The van der Waals surface area contributed by atoms with Gasteiger partial charge in [-0.1, -0.05) is 38.5 Å². The molecule has 3 atom stereocenters. The van der Waals surface area contributed by atoms with Crippen molar-refractivity contribution in [3.63, 3.8) is 0 Å². The molecule has 1 aliphatic carbocycles. The van der Waals surface area contributed by atoms with Gasteiger partial charge in [-0.2, -0.15) is 0 Å². The first-order chi connectivity index (χ1) is 11.1. The van der Waals surface area contributed by atoms with E-state index in [0.717, 1.165) is 23.6 Å². The molecular weight excluding hydrogens is 310 g/mol. The predicted molar refractivity (Wildman–Crippen MR) is 91.4 cm³/mol. The molecule has 0 radical (unpaired) electrons. The Bertz CT molecular complexity index is 607. The Hall–Kier alpha value is -1.56. The first-order valence-electron chi connectivity index (χ1n) is 8.24. The van der Waals surface area contributed by atoms with Crippen LogP contribution >= 0.6 is 11.8 Å². The second-order valence-corrected chi connectivity index (χ2v) is 7.50. The third kappa shape index (κ3) is 3.52. The van der Waals surface area contributed by atoms with E-state index in [1.54, 1.807) is 17.2 Å². The summed E-state index contributed by atoms with van der Waals surface area (Å²) in [6, 6.07) is 3.87. The lowest BCUT2D eigenvalue weighted by Gasteiger charge is -2.35. The van der Waals surface area contributed by atoms with Crippen LogP contribution in [-0.2, 0) is 9.59 Å². The number of hydrogen-bond acceptors (Lipinski definition) is 4. The summed E-state index contributed by atoms with van der Waals surface area (Å²) in [5.74, 6) is 1.34. The van der Waals surface area contributed by atoms with E-state index < -0.39 is 0 Å². The van der Waals surface area contributed by atoms with Gasteiger partial charge < -0.3 is 5.32 Å². The summed E-state index contributed by atoms with van der Waals surface area (Å²) in [5.41, 5.74) is 0.744. The van der Waals surface area contributed by atoms with Gasteiger partial charge in [0.05, 0.1) is 11.4 Å². The van der Waals surface area contributed by atoms with Gasteiger partial charge in [0.25, 0.3) is 0 Å². The van der Waals surface area contributed by atoms with Crippen LogP contribution < -0.4 is 10.2 Å². The Morgan fingerprint density at radius 3 is 3.09 bits per heavy atom. The highest BCUT2D eigenvalue weighted by atomic mass is 32.2. The van der Waals surface area contributed by atoms with Crippen molar-refractivity contribution in [1.29, 1.82) is 0 Å². The van der Waals surface area contributed by atoms with Crippen LogP contribution in [0.25, 0.3) is 0 Å². The van der Waals surface area contributed by atoms with E-state index >= 15 is 0 Å². The van der Waals surface area contributed by atoms with Crippen LogP contribution in [0, 0.1) is 11.8 Å². The van der Waals surface area contributed by atoms with Crippen LogP contribution in [0.4, 0.5) is 5.69 Å². The zero-order chi connectivity index (χ0) is 16.4. The lowest BCUT2D eigenvalue weighted by Crippen LogP contribution is -2.49. The van der Waals surface area contributed by atoms with Gasteiger partial charge in [0.15, 0.2) is 0 Å². The van der Waals surface area contributed by atoms with Crippen LogP contribution in [0.1, 0.15) is 33.1 Å². The van der Waals surface area contributed by atoms with Gasteiger partial charge in [-0.15, -0.1) is 0 Å². The highest BCUT2D eigenvalue weighted by molar-refractivity contribution is 8.00. The number of aromatic nitrogens is 1. The summed E-state index contributed by atoms with van der Waals surface area (Å²) in [5, 5.41) is 3.96. The van der Waals surface area contributed by atoms with Crippen molar-refractivity contribution >= 4 is 29.3 Å². The number of anilines is 1. The third-order valence-corrected chi connectivity index (χ3v) is 6.01. The monoisotopic (exact) mass is 333 g/mol. The fourth-order valence-corrected chi connectivity index (χ4v) is 4.27. The molecule has 1 saturated carbocycles. The minimum atomic E-state index is -0.0778. The van der Waals surface area contributed by atoms with E-state index in [0.29, 0.717) is 17.6 Å². The van der Waals surface area contributed by atoms with Crippen molar-refractivity contribution in [3.05, 3.63) is 18.3 Å². The van der Waals surface area contributed by atoms with Crippen LogP contribution in [0.5, 0.6) is 0 Å². The van der Waals surface area contributed by atoms with E-state index in [4.69, 9.17) is 0 Å². The Morgan fingerprint density at radius 2 is 2.26 bits per heavy atom. The molecule has 3 rings (SSSR count). The van der Waals surface area contributed by atoms with E-state index in [2.05, 4.69) is 24.1 Å². The Balaban J connectivity index is 1.67. The van der Waals surface area contributed by atoms with Crippen LogP contribution in [-0.4, -0.2) is 35.1 Å². The quantitative estimate of drug-likeness (QED) is 0.923. The molecule has 2 amide bonds. The maximum Gasteiger partial charge on any atom is 0.240 e. The first kappa shape index (κ1) is 16.3. The summed E-state index contributed by atoms with van der Waals surface area (Å²) in [6.07, 6.45) is 5.13. The van der Waals surface area contributed by atoms with Crippen molar-refractivity contribution in [1.82, 2.24) is 10.3 Å². The summed E-state index contributed by atoms with van der Waals surface area (Å²) in [6.45, 7) is 4.53. The average molecular weight is 333 g/mol. The molecule has 124 valence electrons. The average Bonchev–Trinajstić information content (AvgIpc) is 2.54. The second-order valence-electron chi connectivity index (χ2n) is 6.54. The molecule has 0 aromatic carbocycles. The smallest absolute Gasteiger partial charge is 0.240 e. The number of rotatable bonds is 3. The molecule has 1 aliphatic heterocycles. The Morgan fingerprint density at radius 1 is 1.43 bits per heavy atom. The largest absolute Gasteiger partial charge is 0.352 e. The highest BCUT2D eigenvalue weighted by Gasteiger charge is 2.31. The zero-order valence-corrected chi connectivity index (χ0v) is 14.4. The maximum absolute atomic E-state index is 12.5. The van der Waals surface area contributed by atoms with Gasteiger partial charge in [-0.05, 0) is 30.4 Å². The van der Waals surface area contributed by atoms with Crippen molar-refractivity contribution in [2.24, 2.45) is 11.8 Å². The third-order valence-electron chi connectivity index (χ3n) is 5.03. The number of thioether (sulfide) groups is 1. The molecule has 2 aliphatic rings. The predicted octanol–water partition coefficient (Wildman–Crippen LogP) is 2.46. The molecule has 1 fully saturated rings. The molecule has 6 heteroatoms. The molecule has 0 unspecified atom stereocenters. The van der Waals surface area contributed by atoms with Crippen molar-refractivity contribution in [3.8, 4) is 0 Å². The van der Waals surface area contributed by atoms with Gasteiger partial charge in [-0.25, -0.2) is 4.98 Å². The second kappa shape index (κ2) is 6.91. The lowest BCUT2D eigenvalue weighted by atomic mass is 9.78. The number of carbonyl (C=O) groups is 2. The molecule has 0 bridgehead atoms. The SMILES string of the molecule is C[C@H]1[C@H](C)CCC[C@@H]1NC(=O)CN1C(=O)CSc2ncccc21. The van der Waals surface area contributed by atoms with Gasteiger partial charge >= 0.3 is 0 Å². The van der Waals surface area contributed by atoms with Crippen molar-refractivity contribution in [2.45, 2.75) is 44.2 Å². The highest BCUT2D eigenvalue weighted by Crippen LogP contribution is 2.33. The van der Waals surface area contributed by atoms with Crippen LogP contribution in [0.15, 0.2) is 23.4 Å². The van der Waals surface area contributed by atoms with E-state index in [9.17, 15) is 9.59 Å². The number of hydrogen-bond donors (Lipinski definition) is 1. The Kier molecular flexibility index (Phi) is 4.90. The van der Waals surface area contributed by atoms with Gasteiger partial charge in [-0.3, -0.25) is 14.5 Å². The molecule has 23 heavy (non-hydrogen) atoms. The molecule has 5 nitrogen and oxygen atoms in total. The molecule has 1 aromatic heterocycles. The number of fused-ring (bicyclic) bond motifs is 1. The van der Waals surface area contributed by atoms with Gasteiger partial charge in [0.1, 0.15) is 11.6 Å². The van der Waals surface area contributed by atoms with Gasteiger partial charge in [0, 0.05) is 12.2 Å². The zero-order valence-electron chi connectivity index (χ0n) is 13.6. The number of nitrogens with zero attached hydrogens (tertiary/aromatic N) is 2. The minimum absolute atomic E-state index is 0.0317. The first-order valence-corrected chi connectivity index (χ1v) is 9.22. The normalized spacial score (nSPS) is 27.5. The summed E-state index contributed by atoms with van der Waals surface area (Å²) >= 11 is 1.43. The standard InChI is InChI=1S/C17H23N3O2S/c1-11-5-3-6-13(12(11)2)19-15(21)9-20-14-7-4-8-18-17(14)23-10-16(20)22/h4,7-8,11-13H,3,5-6,9-10H2,1-2H3,(H,19,21)/t11-,12+,13+/m1/s1. The number of pyridine rings is 1. The lowest BCUT2D eigenvalue weighted by molar-refractivity contribution is -0.124. The molecule has 1 N–H and O–H groups in total. The number of nitrogens with one attached hydrogen (secondary N) is 1. The molecule has 0 saturated heterocycles.